The number of benzene rings is 1. The molecule has 0 saturated heterocycles. The number of carboxylic acid groups (broad SMARTS) is 1. The summed E-state index contributed by atoms with van der Waals surface area (Å²) in [5.41, 5.74) is 1.93. The van der Waals surface area contributed by atoms with Gasteiger partial charge in [-0.1, -0.05) is 0 Å². The molecule has 0 radical (unpaired) electrons. The van der Waals surface area contributed by atoms with Crippen molar-refractivity contribution in [3.63, 3.8) is 0 Å². The standard InChI is InChI=1S/C17H20FN3O3/c1-9-7-10(2)21(20-9)15-6-5-13(8-14(15)18)16(22)19-12(4)11(3)17(23)24/h5-8,11-12H,1-4H3,(H,19,22)(H,23,24). The second kappa shape index (κ2) is 6.82. The molecule has 1 heterocycles. The van der Waals surface area contributed by atoms with E-state index in [1.807, 2.05) is 19.9 Å². The normalized spacial score (nSPS) is 13.4. The molecule has 1 aromatic carbocycles. The summed E-state index contributed by atoms with van der Waals surface area (Å²) in [4.78, 5) is 23.1. The smallest absolute Gasteiger partial charge is 0.308 e. The molecule has 0 bridgehead atoms. The number of aryl methyl sites for hydroxylation is 2. The lowest BCUT2D eigenvalue weighted by molar-refractivity contribution is -0.141. The van der Waals surface area contributed by atoms with E-state index < -0.39 is 29.7 Å². The van der Waals surface area contributed by atoms with E-state index in [1.54, 1.807) is 6.92 Å². The van der Waals surface area contributed by atoms with Crippen molar-refractivity contribution in [3.8, 4) is 5.69 Å². The third-order valence-corrected chi connectivity index (χ3v) is 3.95. The van der Waals surface area contributed by atoms with Crippen molar-refractivity contribution in [1.29, 1.82) is 0 Å². The highest BCUT2D eigenvalue weighted by molar-refractivity contribution is 5.94. The van der Waals surface area contributed by atoms with Crippen molar-refractivity contribution in [3.05, 3.63) is 47.0 Å². The van der Waals surface area contributed by atoms with Crippen molar-refractivity contribution in [1.82, 2.24) is 15.1 Å². The molecule has 1 aromatic heterocycles. The summed E-state index contributed by atoms with van der Waals surface area (Å²) in [6.45, 7) is 6.72. The minimum Gasteiger partial charge on any atom is -0.481 e. The molecule has 2 unspecified atom stereocenters. The van der Waals surface area contributed by atoms with Gasteiger partial charge in [0.1, 0.15) is 11.5 Å². The van der Waals surface area contributed by atoms with Crippen molar-refractivity contribution in [2.24, 2.45) is 5.92 Å². The van der Waals surface area contributed by atoms with Gasteiger partial charge in [0.25, 0.3) is 5.91 Å². The molecular weight excluding hydrogens is 313 g/mol. The number of rotatable bonds is 5. The molecule has 0 saturated carbocycles. The second-order valence-electron chi connectivity index (χ2n) is 5.89. The summed E-state index contributed by atoms with van der Waals surface area (Å²) in [5.74, 6) is -2.84. The van der Waals surface area contributed by atoms with Crippen LogP contribution in [0, 0.1) is 25.6 Å². The molecule has 0 spiro atoms. The van der Waals surface area contributed by atoms with Crippen LogP contribution in [0.4, 0.5) is 4.39 Å². The molecule has 7 heteroatoms. The zero-order valence-electron chi connectivity index (χ0n) is 14.0. The van der Waals surface area contributed by atoms with E-state index in [-0.39, 0.29) is 11.3 Å². The highest BCUT2D eigenvalue weighted by Gasteiger charge is 2.22. The first-order chi connectivity index (χ1) is 11.2. The maximum Gasteiger partial charge on any atom is 0.308 e. The third kappa shape index (κ3) is 3.61. The Balaban J connectivity index is 2.22. The fraction of sp³-hybridized carbons (Fsp3) is 0.353. The summed E-state index contributed by atoms with van der Waals surface area (Å²) in [6, 6.07) is 5.35. The van der Waals surface area contributed by atoms with Gasteiger partial charge in [0.05, 0.1) is 11.6 Å². The Labute approximate surface area is 139 Å². The fourth-order valence-electron chi connectivity index (χ4n) is 2.32. The van der Waals surface area contributed by atoms with Crippen molar-refractivity contribution >= 4 is 11.9 Å². The number of aliphatic carboxylic acids is 1. The number of carbonyl (C=O) groups excluding carboxylic acids is 1. The van der Waals surface area contributed by atoms with Crippen LogP contribution in [0.15, 0.2) is 24.3 Å². The summed E-state index contributed by atoms with van der Waals surface area (Å²) in [6.07, 6.45) is 0. The second-order valence-corrected chi connectivity index (χ2v) is 5.89. The number of carbonyl (C=O) groups is 2. The first-order valence-corrected chi connectivity index (χ1v) is 7.57. The van der Waals surface area contributed by atoms with Crippen LogP contribution in [0.2, 0.25) is 0 Å². The number of nitrogens with one attached hydrogen (secondary N) is 1. The number of carboxylic acids is 1. The lowest BCUT2D eigenvalue weighted by Gasteiger charge is -2.18. The molecule has 2 atom stereocenters. The van der Waals surface area contributed by atoms with Crippen molar-refractivity contribution in [2.75, 3.05) is 0 Å². The molecular formula is C17H20FN3O3. The zero-order valence-corrected chi connectivity index (χ0v) is 14.0. The van der Waals surface area contributed by atoms with Gasteiger partial charge < -0.3 is 10.4 Å². The SMILES string of the molecule is Cc1cc(C)n(-c2ccc(C(=O)NC(C)C(C)C(=O)O)cc2F)n1. The highest BCUT2D eigenvalue weighted by Crippen LogP contribution is 2.18. The van der Waals surface area contributed by atoms with Crippen LogP contribution in [-0.4, -0.2) is 32.8 Å². The number of hydrogen-bond acceptors (Lipinski definition) is 3. The lowest BCUT2D eigenvalue weighted by Crippen LogP contribution is -2.40. The van der Waals surface area contributed by atoms with E-state index >= 15 is 0 Å². The predicted molar refractivity (Wildman–Crippen MR) is 86.7 cm³/mol. The van der Waals surface area contributed by atoms with Gasteiger partial charge in [-0.3, -0.25) is 9.59 Å². The lowest BCUT2D eigenvalue weighted by atomic mass is 10.0. The number of aromatic nitrogens is 2. The van der Waals surface area contributed by atoms with Crippen LogP contribution < -0.4 is 5.32 Å². The Hall–Kier alpha value is -2.70. The van der Waals surface area contributed by atoms with E-state index in [9.17, 15) is 14.0 Å². The maximum atomic E-state index is 14.4. The highest BCUT2D eigenvalue weighted by atomic mass is 19.1. The molecule has 128 valence electrons. The van der Waals surface area contributed by atoms with Crippen molar-refractivity contribution in [2.45, 2.75) is 33.7 Å². The Bertz CT molecular complexity index is 785. The first kappa shape index (κ1) is 17.7. The van der Waals surface area contributed by atoms with Crippen LogP contribution in [0.1, 0.15) is 35.6 Å². The molecule has 0 aliphatic heterocycles. The largest absolute Gasteiger partial charge is 0.481 e. The molecule has 2 rings (SSSR count). The summed E-state index contributed by atoms with van der Waals surface area (Å²) in [5, 5.41) is 15.7. The molecule has 0 aliphatic rings. The van der Waals surface area contributed by atoms with Gasteiger partial charge in [-0.05, 0) is 52.0 Å². The molecule has 2 N–H and O–H groups in total. The summed E-state index contributed by atoms with van der Waals surface area (Å²) >= 11 is 0. The van der Waals surface area contributed by atoms with Crippen LogP contribution in [-0.2, 0) is 4.79 Å². The van der Waals surface area contributed by atoms with Crippen LogP contribution in [0.25, 0.3) is 5.69 Å². The topological polar surface area (TPSA) is 84.2 Å². The van der Waals surface area contributed by atoms with Crippen LogP contribution in [0.5, 0.6) is 0 Å². The first-order valence-electron chi connectivity index (χ1n) is 7.57. The van der Waals surface area contributed by atoms with Crippen molar-refractivity contribution < 1.29 is 19.1 Å². The Morgan fingerprint density at radius 1 is 1.25 bits per heavy atom. The van der Waals surface area contributed by atoms with Gasteiger partial charge in [-0.25, -0.2) is 9.07 Å². The van der Waals surface area contributed by atoms with Gasteiger partial charge in [-0.15, -0.1) is 0 Å². The van der Waals surface area contributed by atoms with E-state index in [2.05, 4.69) is 10.4 Å². The van der Waals surface area contributed by atoms with Gasteiger partial charge in [0, 0.05) is 17.3 Å². The Morgan fingerprint density at radius 2 is 1.92 bits per heavy atom. The zero-order chi connectivity index (χ0) is 18.0. The number of halogens is 1. The Morgan fingerprint density at radius 3 is 2.42 bits per heavy atom. The minimum atomic E-state index is -1.01. The quantitative estimate of drug-likeness (QED) is 0.880. The van der Waals surface area contributed by atoms with E-state index in [0.29, 0.717) is 0 Å². The fourth-order valence-corrected chi connectivity index (χ4v) is 2.32. The molecule has 24 heavy (non-hydrogen) atoms. The molecule has 0 aliphatic carbocycles. The molecule has 0 fully saturated rings. The molecule has 1 amide bonds. The van der Waals surface area contributed by atoms with Gasteiger partial charge >= 0.3 is 5.97 Å². The minimum absolute atomic E-state index is 0.127. The Kier molecular flexibility index (Phi) is 5.02. The van der Waals surface area contributed by atoms with Crippen LogP contribution in [0.3, 0.4) is 0 Å². The average Bonchev–Trinajstić information content (AvgIpc) is 2.84. The van der Waals surface area contributed by atoms with E-state index in [4.69, 9.17) is 5.11 Å². The summed E-state index contributed by atoms with van der Waals surface area (Å²) < 4.78 is 15.8. The van der Waals surface area contributed by atoms with Gasteiger partial charge in [0.15, 0.2) is 0 Å². The number of amides is 1. The molecule has 2 aromatic rings. The maximum absolute atomic E-state index is 14.4. The van der Waals surface area contributed by atoms with E-state index in [0.717, 1.165) is 17.5 Å². The van der Waals surface area contributed by atoms with Gasteiger partial charge in [-0.2, -0.15) is 5.10 Å². The number of nitrogens with zero attached hydrogens (tertiary/aromatic N) is 2. The third-order valence-electron chi connectivity index (χ3n) is 3.95. The average molecular weight is 333 g/mol. The predicted octanol–water partition coefficient (Wildman–Crippen LogP) is 2.47. The molecule has 6 nitrogen and oxygen atoms in total. The summed E-state index contributed by atoms with van der Waals surface area (Å²) in [7, 11) is 0. The number of hydrogen-bond donors (Lipinski definition) is 2. The van der Waals surface area contributed by atoms with Gasteiger partial charge in [0.2, 0.25) is 0 Å². The van der Waals surface area contributed by atoms with Crippen LogP contribution >= 0.6 is 0 Å². The monoisotopic (exact) mass is 333 g/mol. The van der Waals surface area contributed by atoms with E-state index in [1.165, 1.54) is 23.7 Å².